The molecule has 0 aromatic heterocycles. The Hall–Kier alpha value is -3.07. The monoisotopic (exact) mass is 388 g/mol. The zero-order valence-electron chi connectivity index (χ0n) is 17.2. The van der Waals surface area contributed by atoms with Crippen molar-refractivity contribution in [1.82, 2.24) is 0 Å². The number of aryl methyl sites for hydroxylation is 1. The summed E-state index contributed by atoms with van der Waals surface area (Å²) in [5.74, 6) is 1.10. The molecule has 0 fully saturated rings. The molecule has 0 N–H and O–H groups in total. The molecule has 3 aromatic rings. The van der Waals surface area contributed by atoms with E-state index < -0.39 is 0 Å². The maximum atomic E-state index is 12.4. The molecule has 0 heterocycles. The van der Waals surface area contributed by atoms with E-state index in [1.165, 1.54) is 18.4 Å². The molecule has 0 amide bonds. The molecule has 150 valence electrons. The van der Waals surface area contributed by atoms with Gasteiger partial charge in [0.25, 0.3) is 0 Å². The SMILES string of the molecule is CCCCc1ccc(OC(=O)c2ccc(-c3ccc(OCCC)cc3)cc2)cc1. The van der Waals surface area contributed by atoms with Gasteiger partial charge in [0, 0.05) is 0 Å². The van der Waals surface area contributed by atoms with Gasteiger partial charge < -0.3 is 9.47 Å². The Labute approximate surface area is 173 Å². The van der Waals surface area contributed by atoms with Crippen molar-refractivity contribution >= 4 is 5.97 Å². The summed E-state index contributed by atoms with van der Waals surface area (Å²) < 4.78 is 11.1. The average molecular weight is 389 g/mol. The smallest absolute Gasteiger partial charge is 0.343 e. The molecule has 0 aliphatic rings. The Morgan fingerprint density at radius 2 is 1.31 bits per heavy atom. The minimum Gasteiger partial charge on any atom is -0.494 e. The van der Waals surface area contributed by atoms with Crippen LogP contribution in [-0.4, -0.2) is 12.6 Å². The van der Waals surface area contributed by atoms with Gasteiger partial charge in [-0.25, -0.2) is 4.79 Å². The molecule has 3 nitrogen and oxygen atoms in total. The summed E-state index contributed by atoms with van der Waals surface area (Å²) in [6, 6.07) is 23.2. The third-order valence-electron chi connectivity index (χ3n) is 4.73. The van der Waals surface area contributed by atoms with Crippen LogP contribution < -0.4 is 9.47 Å². The Morgan fingerprint density at radius 3 is 1.90 bits per heavy atom. The molecule has 0 aliphatic carbocycles. The molecular weight excluding hydrogens is 360 g/mol. The van der Waals surface area contributed by atoms with Crippen molar-refractivity contribution in [1.29, 1.82) is 0 Å². The van der Waals surface area contributed by atoms with Gasteiger partial charge in [0.15, 0.2) is 0 Å². The normalized spacial score (nSPS) is 10.6. The summed E-state index contributed by atoms with van der Waals surface area (Å²) in [4.78, 5) is 12.4. The number of esters is 1. The first-order valence-corrected chi connectivity index (χ1v) is 10.3. The molecule has 3 aromatic carbocycles. The van der Waals surface area contributed by atoms with Gasteiger partial charge in [-0.15, -0.1) is 0 Å². The van der Waals surface area contributed by atoms with Gasteiger partial charge in [-0.2, -0.15) is 0 Å². The van der Waals surface area contributed by atoms with Crippen molar-refractivity contribution in [3.8, 4) is 22.6 Å². The second kappa shape index (κ2) is 10.5. The maximum absolute atomic E-state index is 12.4. The lowest BCUT2D eigenvalue weighted by atomic mass is 10.0. The van der Waals surface area contributed by atoms with E-state index in [9.17, 15) is 4.79 Å². The van der Waals surface area contributed by atoms with Gasteiger partial charge >= 0.3 is 5.97 Å². The summed E-state index contributed by atoms with van der Waals surface area (Å²) >= 11 is 0. The predicted molar refractivity (Wildman–Crippen MR) is 118 cm³/mol. The predicted octanol–water partition coefficient (Wildman–Crippen LogP) is 6.70. The zero-order valence-corrected chi connectivity index (χ0v) is 17.2. The topological polar surface area (TPSA) is 35.5 Å². The summed E-state index contributed by atoms with van der Waals surface area (Å²) in [5.41, 5.74) is 3.93. The van der Waals surface area contributed by atoms with E-state index in [2.05, 4.69) is 13.8 Å². The first-order chi connectivity index (χ1) is 14.2. The number of benzene rings is 3. The summed E-state index contributed by atoms with van der Waals surface area (Å²) in [5, 5.41) is 0. The highest BCUT2D eigenvalue weighted by atomic mass is 16.5. The molecule has 0 bridgehead atoms. The highest BCUT2D eigenvalue weighted by Gasteiger charge is 2.09. The van der Waals surface area contributed by atoms with Gasteiger partial charge in [-0.1, -0.05) is 56.7 Å². The van der Waals surface area contributed by atoms with Crippen LogP contribution in [0.1, 0.15) is 49.0 Å². The highest BCUT2D eigenvalue weighted by molar-refractivity contribution is 5.91. The number of ether oxygens (including phenoxy) is 2. The van der Waals surface area contributed by atoms with Gasteiger partial charge in [-0.3, -0.25) is 0 Å². The van der Waals surface area contributed by atoms with Crippen LogP contribution in [0, 0.1) is 0 Å². The summed E-state index contributed by atoms with van der Waals surface area (Å²) in [7, 11) is 0. The lowest BCUT2D eigenvalue weighted by Gasteiger charge is -2.08. The second-order valence-corrected chi connectivity index (χ2v) is 7.09. The summed E-state index contributed by atoms with van der Waals surface area (Å²) in [6.45, 7) is 4.99. The van der Waals surface area contributed by atoms with E-state index in [-0.39, 0.29) is 5.97 Å². The van der Waals surface area contributed by atoms with E-state index in [1.807, 2.05) is 60.7 Å². The number of hydrogen-bond donors (Lipinski definition) is 0. The second-order valence-electron chi connectivity index (χ2n) is 7.09. The average Bonchev–Trinajstić information content (AvgIpc) is 2.77. The van der Waals surface area contributed by atoms with Crippen LogP contribution in [0.5, 0.6) is 11.5 Å². The molecule has 3 rings (SSSR count). The first kappa shape index (κ1) is 20.7. The van der Waals surface area contributed by atoms with Crippen LogP contribution in [-0.2, 0) is 6.42 Å². The molecule has 0 atom stereocenters. The van der Waals surface area contributed by atoms with Crippen molar-refractivity contribution in [2.24, 2.45) is 0 Å². The van der Waals surface area contributed by atoms with Crippen LogP contribution >= 0.6 is 0 Å². The van der Waals surface area contributed by atoms with Crippen LogP contribution in [0.2, 0.25) is 0 Å². The van der Waals surface area contributed by atoms with Crippen molar-refractivity contribution in [2.45, 2.75) is 39.5 Å². The number of hydrogen-bond acceptors (Lipinski definition) is 3. The first-order valence-electron chi connectivity index (χ1n) is 10.3. The zero-order chi connectivity index (χ0) is 20.5. The van der Waals surface area contributed by atoms with Crippen LogP contribution in [0.3, 0.4) is 0 Å². The molecule has 0 saturated carbocycles. The quantitative estimate of drug-likeness (QED) is 0.302. The van der Waals surface area contributed by atoms with Crippen LogP contribution in [0.15, 0.2) is 72.8 Å². The van der Waals surface area contributed by atoms with Crippen molar-refractivity contribution in [3.05, 3.63) is 83.9 Å². The van der Waals surface area contributed by atoms with Crippen LogP contribution in [0.25, 0.3) is 11.1 Å². The molecule has 29 heavy (non-hydrogen) atoms. The summed E-state index contributed by atoms with van der Waals surface area (Å²) in [6.07, 6.45) is 4.38. The number of carbonyl (C=O) groups is 1. The molecule has 3 heteroatoms. The molecular formula is C26H28O3. The standard InChI is InChI=1S/C26H28O3/c1-3-5-6-20-7-15-25(16-8-20)29-26(27)23-11-9-21(10-12-23)22-13-17-24(18-14-22)28-19-4-2/h7-18H,3-6,19H2,1-2H3. The number of rotatable bonds is 9. The van der Waals surface area contributed by atoms with Crippen molar-refractivity contribution in [3.63, 3.8) is 0 Å². The fourth-order valence-electron chi connectivity index (χ4n) is 3.03. The lowest BCUT2D eigenvalue weighted by Crippen LogP contribution is -2.08. The van der Waals surface area contributed by atoms with Gasteiger partial charge in [0.05, 0.1) is 12.2 Å². The molecule has 0 radical (unpaired) electrons. The Morgan fingerprint density at radius 1 is 0.724 bits per heavy atom. The van der Waals surface area contributed by atoms with Crippen molar-refractivity contribution < 1.29 is 14.3 Å². The van der Waals surface area contributed by atoms with Gasteiger partial charge in [0.2, 0.25) is 0 Å². The van der Waals surface area contributed by atoms with Gasteiger partial charge in [0.1, 0.15) is 11.5 Å². The van der Waals surface area contributed by atoms with Gasteiger partial charge in [-0.05, 0) is 72.4 Å². The third-order valence-corrected chi connectivity index (χ3v) is 4.73. The van der Waals surface area contributed by atoms with E-state index in [0.29, 0.717) is 11.3 Å². The number of unbranched alkanes of at least 4 members (excludes halogenated alkanes) is 1. The molecule has 0 spiro atoms. The highest BCUT2D eigenvalue weighted by Crippen LogP contribution is 2.23. The third kappa shape index (κ3) is 5.95. The fourth-order valence-corrected chi connectivity index (χ4v) is 3.03. The largest absolute Gasteiger partial charge is 0.494 e. The lowest BCUT2D eigenvalue weighted by molar-refractivity contribution is 0.0734. The fraction of sp³-hybridized carbons (Fsp3) is 0.269. The molecule has 0 aliphatic heterocycles. The van der Waals surface area contributed by atoms with E-state index in [0.717, 1.165) is 36.3 Å². The Kier molecular flexibility index (Phi) is 7.46. The number of carbonyl (C=O) groups excluding carboxylic acids is 1. The Balaban J connectivity index is 1.61. The van der Waals surface area contributed by atoms with E-state index in [1.54, 1.807) is 12.1 Å². The van der Waals surface area contributed by atoms with Crippen molar-refractivity contribution in [2.75, 3.05) is 6.61 Å². The molecule has 0 unspecified atom stereocenters. The minimum atomic E-state index is -0.346. The van der Waals surface area contributed by atoms with Crippen LogP contribution in [0.4, 0.5) is 0 Å². The Bertz CT molecular complexity index is 894. The van der Waals surface area contributed by atoms with E-state index >= 15 is 0 Å². The molecule has 0 saturated heterocycles. The van der Waals surface area contributed by atoms with E-state index in [4.69, 9.17) is 9.47 Å². The minimum absolute atomic E-state index is 0.346. The maximum Gasteiger partial charge on any atom is 0.343 e.